The van der Waals surface area contributed by atoms with Gasteiger partial charge < -0.3 is 14.7 Å². The maximum absolute atomic E-state index is 11.0. The fourth-order valence-corrected chi connectivity index (χ4v) is 2.03. The van der Waals surface area contributed by atoms with Gasteiger partial charge in [0.15, 0.2) is 0 Å². The van der Waals surface area contributed by atoms with Crippen molar-refractivity contribution in [2.24, 2.45) is 0 Å². The Balaban J connectivity index is 1.90. The molecule has 1 aliphatic rings. The molecule has 0 aromatic heterocycles. The third kappa shape index (κ3) is 5.47. The molecule has 16 heavy (non-hydrogen) atoms. The minimum Gasteiger partial charge on any atom is -0.466 e. The van der Waals surface area contributed by atoms with Crippen LogP contribution in [0.3, 0.4) is 0 Å². The number of likely N-dealkylation sites (tertiary alicyclic amines) is 1. The van der Waals surface area contributed by atoms with Crippen LogP contribution in [-0.4, -0.2) is 48.3 Å². The van der Waals surface area contributed by atoms with E-state index < -0.39 is 0 Å². The number of carbonyl (C=O) groups is 1. The molecule has 4 heteroatoms. The van der Waals surface area contributed by atoms with Gasteiger partial charge in [0, 0.05) is 19.5 Å². The summed E-state index contributed by atoms with van der Waals surface area (Å²) < 4.78 is 4.85. The van der Waals surface area contributed by atoms with E-state index in [2.05, 4.69) is 4.90 Å². The van der Waals surface area contributed by atoms with E-state index in [1.165, 1.54) is 0 Å². The molecule has 1 saturated heterocycles. The van der Waals surface area contributed by atoms with Gasteiger partial charge in [0.2, 0.25) is 0 Å². The zero-order valence-electron chi connectivity index (χ0n) is 10.2. The Morgan fingerprint density at radius 3 is 2.88 bits per heavy atom. The lowest BCUT2D eigenvalue weighted by Crippen LogP contribution is -2.23. The first kappa shape index (κ1) is 13.5. The van der Waals surface area contributed by atoms with Crippen LogP contribution in [0.25, 0.3) is 0 Å². The summed E-state index contributed by atoms with van der Waals surface area (Å²) >= 11 is 0. The molecule has 94 valence electrons. The highest BCUT2D eigenvalue weighted by molar-refractivity contribution is 5.69. The van der Waals surface area contributed by atoms with Crippen LogP contribution in [0.15, 0.2) is 0 Å². The van der Waals surface area contributed by atoms with Crippen molar-refractivity contribution in [1.82, 2.24) is 4.90 Å². The minimum absolute atomic E-state index is 0.0842. The van der Waals surface area contributed by atoms with Crippen LogP contribution < -0.4 is 0 Å². The minimum atomic E-state index is -0.125. The first-order chi connectivity index (χ1) is 7.72. The topological polar surface area (TPSA) is 49.8 Å². The lowest BCUT2D eigenvalue weighted by Gasteiger charge is -2.14. The SMILES string of the molecule is CCOC(=O)CCCCCN1CC[C@@H](O)C1. The van der Waals surface area contributed by atoms with Crippen molar-refractivity contribution in [3.8, 4) is 0 Å². The largest absolute Gasteiger partial charge is 0.466 e. The second-order valence-corrected chi connectivity index (χ2v) is 4.36. The number of ether oxygens (including phenoxy) is 1. The number of aliphatic hydroxyl groups is 1. The average molecular weight is 229 g/mol. The maximum Gasteiger partial charge on any atom is 0.305 e. The molecule has 0 aromatic rings. The van der Waals surface area contributed by atoms with Gasteiger partial charge in [-0.25, -0.2) is 0 Å². The molecular weight excluding hydrogens is 206 g/mol. The Bertz CT molecular complexity index is 208. The van der Waals surface area contributed by atoms with Crippen molar-refractivity contribution in [1.29, 1.82) is 0 Å². The van der Waals surface area contributed by atoms with E-state index in [0.717, 1.165) is 45.3 Å². The summed E-state index contributed by atoms with van der Waals surface area (Å²) in [5.74, 6) is -0.0842. The Hall–Kier alpha value is -0.610. The molecule has 1 heterocycles. The molecule has 0 aromatic carbocycles. The maximum atomic E-state index is 11.0. The van der Waals surface area contributed by atoms with E-state index in [1.807, 2.05) is 6.92 Å². The van der Waals surface area contributed by atoms with Crippen molar-refractivity contribution in [2.75, 3.05) is 26.2 Å². The van der Waals surface area contributed by atoms with Gasteiger partial charge in [-0.2, -0.15) is 0 Å². The van der Waals surface area contributed by atoms with Crippen molar-refractivity contribution < 1.29 is 14.6 Å². The van der Waals surface area contributed by atoms with Gasteiger partial charge >= 0.3 is 5.97 Å². The number of carbonyl (C=O) groups excluding carboxylic acids is 1. The van der Waals surface area contributed by atoms with Crippen molar-refractivity contribution in [3.05, 3.63) is 0 Å². The molecule has 0 aliphatic carbocycles. The lowest BCUT2D eigenvalue weighted by molar-refractivity contribution is -0.143. The van der Waals surface area contributed by atoms with Crippen LogP contribution in [0, 0.1) is 0 Å². The van der Waals surface area contributed by atoms with E-state index in [-0.39, 0.29) is 12.1 Å². The predicted octanol–water partition coefficient (Wildman–Crippen LogP) is 1.18. The van der Waals surface area contributed by atoms with Crippen LogP contribution >= 0.6 is 0 Å². The summed E-state index contributed by atoms with van der Waals surface area (Å²) in [5.41, 5.74) is 0. The molecule has 1 atom stereocenters. The average Bonchev–Trinajstić information content (AvgIpc) is 2.64. The molecule has 1 rings (SSSR count). The molecule has 0 amide bonds. The molecular formula is C12H23NO3. The molecule has 1 fully saturated rings. The third-order valence-corrected chi connectivity index (χ3v) is 2.91. The van der Waals surface area contributed by atoms with E-state index in [9.17, 15) is 9.90 Å². The van der Waals surface area contributed by atoms with Gasteiger partial charge in [-0.3, -0.25) is 4.79 Å². The van der Waals surface area contributed by atoms with Gasteiger partial charge in [0.25, 0.3) is 0 Å². The molecule has 0 radical (unpaired) electrons. The highest BCUT2D eigenvalue weighted by atomic mass is 16.5. The summed E-state index contributed by atoms with van der Waals surface area (Å²) in [6.07, 6.45) is 4.39. The molecule has 1 aliphatic heterocycles. The zero-order valence-corrected chi connectivity index (χ0v) is 10.2. The standard InChI is InChI=1S/C12H23NO3/c1-2-16-12(15)6-4-3-5-8-13-9-7-11(14)10-13/h11,14H,2-10H2,1H3/t11-/m1/s1. The Labute approximate surface area is 97.6 Å². The normalized spacial score (nSPS) is 21.2. The second-order valence-electron chi connectivity index (χ2n) is 4.36. The molecule has 1 N–H and O–H groups in total. The molecule has 0 saturated carbocycles. The quantitative estimate of drug-likeness (QED) is 0.526. The number of esters is 1. The number of aliphatic hydroxyl groups excluding tert-OH is 1. The Morgan fingerprint density at radius 2 is 2.25 bits per heavy atom. The Morgan fingerprint density at radius 1 is 1.44 bits per heavy atom. The van der Waals surface area contributed by atoms with E-state index in [0.29, 0.717) is 13.0 Å². The second kappa shape index (κ2) is 7.63. The summed E-state index contributed by atoms with van der Waals surface area (Å²) in [5, 5.41) is 9.33. The van der Waals surface area contributed by atoms with Crippen LogP contribution in [0.5, 0.6) is 0 Å². The van der Waals surface area contributed by atoms with Gasteiger partial charge in [-0.05, 0) is 32.7 Å². The van der Waals surface area contributed by atoms with Gasteiger partial charge in [0.05, 0.1) is 12.7 Å². The molecule has 0 bridgehead atoms. The monoisotopic (exact) mass is 229 g/mol. The van der Waals surface area contributed by atoms with Crippen molar-refractivity contribution >= 4 is 5.97 Å². The van der Waals surface area contributed by atoms with Gasteiger partial charge in [-0.15, -0.1) is 0 Å². The number of rotatable bonds is 7. The highest BCUT2D eigenvalue weighted by Gasteiger charge is 2.18. The number of β-amino-alcohol motifs (C(OH)–C–C–N with tert-alkyl or cyclic N) is 1. The van der Waals surface area contributed by atoms with Crippen LogP contribution in [0.2, 0.25) is 0 Å². The van der Waals surface area contributed by atoms with Crippen molar-refractivity contribution in [2.45, 2.75) is 45.1 Å². The van der Waals surface area contributed by atoms with Gasteiger partial charge in [0.1, 0.15) is 0 Å². The first-order valence-electron chi connectivity index (χ1n) is 6.28. The molecule has 4 nitrogen and oxygen atoms in total. The number of hydrogen-bond acceptors (Lipinski definition) is 4. The Kier molecular flexibility index (Phi) is 6.42. The van der Waals surface area contributed by atoms with Crippen molar-refractivity contribution in [3.63, 3.8) is 0 Å². The number of hydrogen-bond donors (Lipinski definition) is 1. The summed E-state index contributed by atoms with van der Waals surface area (Å²) in [6, 6.07) is 0. The number of nitrogens with zero attached hydrogens (tertiary/aromatic N) is 1. The summed E-state index contributed by atoms with van der Waals surface area (Å²) in [6.45, 7) is 5.18. The number of unbranched alkanes of at least 4 members (excludes halogenated alkanes) is 2. The predicted molar refractivity (Wildman–Crippen MR) is 62.2 cm³/mol. The third-order valence-electron chi connectivity index (χ3n) is 2.91. The molecule has 0 spiro atoms. The van der Waals surface area contributed by atoms with E-state index in [1.54, 1.807) is 0 Å². The highest BCUT2D eigenvalue weighted by Crippen LogP contribution is 2.10. The van der Waals surface area contributed by atoms with Gasteiger partial charge in [-0.1, -0.05) is 6.42 Å². The zero-order chi connectivity index (χ0) is 11.8. The van der Waals surface area contributed by atoms with Crippen LogP contribution in [0.1, 0.15) is 39.0 Å². The fourth-order valence-electron chi connectivity index (χ4n) is 2.03. The van der Waals surface area contributed by atoms with E-state index >= 15 is 0 Å². The first-order valence-corrected chi connectivity index (χ1v) is 6.28. The fraction of sp³-hybridized carbons (Fsp3) is 0.917. The van der Waals surface area contributed by atoms with E-state index in [4.69, 9.17) is 4.74 Å². The van der Waals surface area contributed by atoms with Crippen LogP contribution in [0.4, 0.5) is 0 Å². The van der Waals surface area contributed by atoms with Crippen LogP contribution in [-0.2, 0) is 9.53 Å². The lowest BCUT2D eigenvalue weighted by atomic mass is 10.2. The molecule has 0 unspecified atom stereocenters. The smallest absolute Gasteiger partial charge is 0.305 e. The summed E-state index contributed by atoms with van der Waals surface area (Å²) in [4.78, 5) is 13.3. The summed E-state index contributed by atoms with van der Waals surface area (Å²) in [7, 11) is 0.